The first kappa shape index (κ1) is 8.47. The minimum atomic E-state index is -3.61. The third kappa shape index (κ3) is 1.62. The lowest BCUT2D eigenvalue weighted by Crippen LogP contribution is -1.89. The predicted octanol–water partition coefficient (Wildman–Crippen LogP) is 1.95. The maximum atomic E-state index is 10.8. The van der Waals surface area contributed by atoms with Crippen molar-refractivity contribution in [1.29, 1.82) is 0 Å². The molecule has 0 radical (unpaired) electrons. The summed E-state index contributed by atoms with van der Waals surface area (Å²) in [4.78, 5) is 3.94. The molecule has 1 aromatic rings. The summed E-state index contributed by atoms with van der Waals surface area (Å²) in [5.74, 6) is 0.480. The highest BCUT2D eigenvalue weighted by Gasteiger charge is 2.27. The maximum Gasteiger partial charge on any atom is 0.288 e. The molecule has 0 bridgehead atoms. The van der Waals surface area contributed by atoms with Gasteiger partial charge in [-0.15, -0.1) is 11.3 Å². The Morgan fingerprint density at radius 3 is 2.67 bits per heavy atom. The Kier molecular flexibility index (Phi) is 1.89. The highest BCUT2D eigenvalue weighted by Crippen LogP contribution is 2.40. The molecule has 0 amide bonds. The normalized spacial score (nSPS) is 18.1. The van der Waals surface area contributed by atoms with Gasteiger partial charge in [0.05, 0.1) is 5.69 Å². The molecule has 6 heteroatoms. The van der Waals surface area contributed by atoms with Crippen LogP contribution in [0.15, 0.2) is 9.72 Å². The van der Waals surface area contributed by atoms with Gasteiger partial charge in [-0.1, -0.05) is 0 Å². The van der Waals surface area contributed by atoms with Crippen LogP contribution in [0.1, 0.15) is 24.5 Å². The summed E-state index contributed by atoms with van der Waals surface area (Å²) < 4.78 is 21.6. The van der Waals surface area contributed by atoms with Crippen LogP contribution in [0.3, 0.4) is 0 Å². The molecule has 1 aliphatic carbocycles. The SMILES string of the molecule is O=S(=O)(Cl)c1nc(C2CC2)cs1. The molecule has 12 heavy (non-hydrogen) atoms. The van der Waals surface area contributed by atoms with Crippen molar-refractivity contribution in [3.8, 4) is 0 Å². The van der Waals surface area contributed by atoms with Crippen molar-refractivity contribution in [2.45, 2.75) is 23.1 Å². The number of thiazole rings is 1. The molecule has 1 fully saturated rings. The molecule has 0 aliphatic heterocycles. The maximum absolute atomic E-state index is 10.8. The summed E-state index contributed by atoms with van der Waals surface area (Å²) >= 11 is 1.09. The number of hydrogen-bond donors (Lipinski definition) is 0. The van der Waals surface area contributed by atoms with Gasteiger partial charge in [-0.2, -0.15) is 0 Å². The first-order chi connectivity index (χ1) is 5.57. The summed E-state index contributed by atoms with van der Waals surface area (Å²) in [7, 11) is 1.51. The van der Waals surface area contributed by atoms with Gasteiger partial charge in [0.2, 0.25) is 4.34 Å². The Labute approximate surface area is 78.8 Å². The standard InChI is InChI=1S/C6H6ClNO2S2/c7-12(9,10)6-8-5(3-11-6)4-1-2-4/h3-4H,1-2H2. The third-order valence-corrected chi connectivity index (χ3v) is 4.53. The second-order valence-electron chi connectivity index (χ2n) is 2.75. The summed E-state index contributed by atoms with van der Waals surface area (Å²) in [5, 5.41) is 1.77. The van der Waals surface area contributed by atoms with Crippen LogP contribution in [0.5, 0.6) is 0 Å². The van der Waals surface area contributed by atoms with Gasteiger partial charge in [-0.3, -0.25) is 0 Å². The lowest BCUT2D eigenvalue weighted by Gasteiger charge is -1.86. The topological polar surface area (TPSA) is 47.0 Å². The fourth-order valence-electron chi connectivity index (χ4n) is 0.947. The smallest absolute Gasteiger partial charge is 0.229 e. The average molecular weight is 224 g/mol. The largest absolute Gasteiger partial charge is 0.288 e. The fraction of sp³-hybridized carbons (Fsp3) is 0.500. The van der Waals surface area contributed by atoms with Crippen molar-refractivity contribution >= 4 is 31.1 Å². The van der Waals surface area contributed by atoms with Gasteiger partial charge >= 0.3 is 0 Å². The van der Waals surface area contributed by atoms with E-state index in [1.54, 1.807) is 5.38 Å². The lowest BCUT2D eigenvalue weighted by atomic mass is 10.3. The van der Waals surface area contributed by atoms with Crippen LogP contribution >= 0.6 is 22.0 Å². The van der Waals surface area contributed by atoms with Gasteiger partial charge in [0.1, 0.15) is 0 Å². The molecular weight excluding hydrogens is 218 g/mol. The molecule has 0 aromatic carbocycles. The van der Waals surface area contributed by atoms with Crippen molar-refractivity contribution in [2.24, 2.45) is 0 Å². The number of nitrogens with zero attached hydrogens (tertiary/aromatic N) is 1. The first-order valence-corrected chi connectivity index (χ1v) is 6.66. The Morgan fingerprint density at radius 2 is 2.25 bits per heavy atom. The van der Waals surface area contributed by atoms with E-state index >= 15 is 0 Å². The molecule has 0 N–H and O–H groups in total. The van der Waals surface area contributed by atoms with Crippen LogP contribution in [0.25, 0.3) is 0 Å². The number of rotatable bonds is 2. The van der Waals surface area contributed by atoms with Crippen molar-refractivity contribution in [3.05, 3.63) is 11.1 Å². The van der Waals surface area contributed by atoms with Gasteiger partial charge in [-0.05, 0) is 12.8 Å². The van der Waals surface area contributed by atoms with E-state index in [2.05, 4.69) is 4.98 Å². The zero-order valence-electron chi connectivity index (χ0n) is 6.03. The Morgan fingerprint density at radius 1 is 1.58 bits per heavy atom. The van der Waals surface area contributed by atoms with E-state index in [1.807, 2.05) is 0 Å². The highest BCUT2D eigenvalue weighted by molar-refractivity contribution is 8.14. The Balaban J connectivity index is 2.35. The lowest BCUT2D eigenvalue weighted by molar-refractivity contribution is 0.608. The molecule has 2 rings (SSSR count). The second-order valence-corrected chi connectivity index (χ2v) is 6.35. The van der Waals surface area contributed by atoms with Gasteiger partial charge in [0.25, 0.3) is 9.05 Å². The van der Waals surface area contributed by atoms with Crippen LogP contribution in [-0.2, 0) is 9.05 Å². The van der Waals surface area contributed by atoms with Gasteiger partial charge in [0, 0.05) is 22.0 Å². The number of aromatic nitrogens is 1. The van der Waals surface area contributed by atoms with Crippen LogP contribution in [0.4, 0.5) is 0 Å². The molecular formula is C6H6ClNO2S2. The van der Waals surface area contributed by atoms with Crippen LogP contribution in [-0.4, -0.2) is 13.4 Å². The molecule has 1 aromatic heterocycles. The minimum Gasteiger partial charge on any atom is -0.229 e. The van der Waals surface area contributed by atoms with E-state index in [9.17, 15) is 8.42 Å². The molecule has 0 atom stereocenters. The highest BCUT2D eigenvalue weighted by atomic mass is 35.7. The average Bonchev–Trinajstić information content (AvgIpc) is 2.66. The molecule has 0 unspecified atom stereocenters. The van der Waals surface area contributed by atoms with E-state index in [4.69, 9.17) is 10.7 Å². The summed E-state index contributed by atoms with van der Waals surface area (Å²) in [5.41, 5.74) is 0.874. The summed E-state index contributed by atoms with van der Waals surface area (Å²) in [6.45, 7) is 0. The third-order valence-electron chi connectivity index (χ3n) is 1.71. The van der Waals surface area contributed by atoms with E-state index in [0.29, 0.717) is 5.92 Å². The summed E-state index contributed by atoms with van der Waals surface area (Å²) in [6, 6.07) is 0. The van der Waals surface area contributed by atoms with Gasteiger partial charge < -0.3 is 0 Å². The van der Waals surface area contributed by atoms with E-state index < -0.39 is 9.05 Å². The van der Waals surface area contributed by atoms with Crippen molar-refractivity contribution in [2.75, 3.05) is 0 Å². The fourth-order valence-corrected chi connectivity index (χ4v) is 2.82. The van der Waals surface area contributed by atoms with E-state index in [-0.39, 0.29) is 4.34 Å². The number of halogens is 1. The molecule has 66 valence electrons. The molecule has 1 aliphatic rings. The Hall–Kier alpha value is -0.130. The molecule has 1 heterocycles. The van der Waals surface area contributed by atoms with Crippen molar-refractivity contribution in [3.63, 3.8) is 0 Å². The van der Waals surface area contributed by atoms with Crippen molar-refractivity contribution < 1.29 is 8.42 Å². The quantitative estimate of drug-likeness (QED) is 0.720. The summed E-state index contributed by atoms with van der Waals surface area (Å²) in [6.07, 6.45) is 2.23. The van der Waals surface area contributed by atoms with Gasteiger partial charge in [-0.25, -0.2) is 13.4 Å². The van der Waals surface area contributed by atoms with E-state index in [1.165, 1.54) is 0 Å². The van der Waals surface area contributed by atoms with Crippen LogP contribution in [0.2, 0.25) is 0 Å². The zero-order valence-corrected chi connectivity index (χ0v) is 8.42. The first-order valence-electron chi connectivity index (χ1n) is 3.47. The van der Waals surface area contributed by atoms with Crippen LogP contribution < -0.4 is 0 Å². The minimum absolute atomic E-state index is 0.0195. The molecule has 1 saturated carbocycles. The van der Waals surface area contributed by atoms with Crippen LogP contribution in [0, 0.1) is 0 Å². The molecule has 3 nitrogen and oxygen atoms in total. The zero-order chi connectivity index (χ0) is 8.77. The Bertz CT molecular complexity index is 393. The monoisotopic (exact) mass is 223 g/mol. The van der Waals surface area contributed by atoms with Gasteiger partial charge in [0.15, 0.2) is 0 Å². The molecule has 0 saturated heterocycles. The predicted molar refractivity (Wildman–Crippen MR) is 47.1 cm³/mol. The second kappa shape index (κ2) is 2.68. The van der Waals surface area contributed by atoms with Crippen molar-refractivity contribution in [1.82, 2.24) is 4.98 Å². The number of hydrogen-bond acceptors (Lipinski definition) is 4. The van der Waals surface area contributed by atoms with E-state index in [0.717, 1.165) is 29.9 Å². The molecule has 0 spiro atoms.